The quantitative estimate of drug-likeness (QED) is 0.722. The lowest BCUT2D eigenvalue weighted by Crippen LogP contribution is -2.43. The number of amides is 1. The van der Waals surface area contributed by atoms with E-state index < -0.39 is 0 Å². The Kier molecular flexibility index (Phi) is 7.48. The molecule has 2 fully saturated rings. The number of carbonyl (C=O) groups is 1. The first kappa shape index (κ1) is 16.5. The Labute approximate surface area is 119 Å². The lowest BCUT2D eigenvalue weighted by Gasteiger charge is -2.36. The van der Waals surface area contributed by atoms with E-state index in [0.29, 0.717) is 11.8 Å². The summed E-state index contributed by atoms with van der Waals surface area (Å²) < 4.78 is 0. The van der Waals surface area contributed by atoms with Crippen LogP contribution in [-0.2, 0) is 4.79 Å². The molecule has 0 atom stereocenters. The molecule has 0 aromatic carbocycles. The highest BCUT2D eigenvalue weighted by Crippen LogP contribution is 2.29. The molecule has 1 aliphatic heterocycles. The summed E-state index contributed by atoms with van der Waals surface area (Å²) in [4.78, 5) is 14.5. The predicted octanol–water partition coefficient (Wildman–Crippen LogP) is 4.49. The van der Waals surface area contributed by atoms with Crippen molar-refractivity contribution in [2.75, 3.05) is 13.1 Å². The van der Waals surface area contributed by atoms with Gasteiger partial charge in [0.25, 0.3) is 0 Å². The van der Waals surface area contributed by atoms with E-state index in [0.717, 1.165) is 37.8 Å². The summed E-state index contributed by atoms with van der Waals surface area (Å²) in [5.74, 6) is 2.44. The first-order valence-electron chi connectivity index (χ1n) is 8.47. The summed E-state index contributed by atoms with van der Waals surface area (Å²) >= 11 is 0. The Hall–Kier alpha value is -0.530. The Bertz CT molecular complexity index is 248. The fourth-order valence-corrected chi connectivity index (χ4v) is 3.39. The number of likely N-dealkylation sites (tertiary alicyclic amines) is 1. The molecular weight excluding hydrogens is 234 g/mol. The zero-order chi connectivity index (χ0) is 14.3. The van der Waals surface area contributed by atoms with E-state index in [-0.39, 0.29) is 0 Å². The molecule has 1 aliphatic carbocycles. The second-order valence-corrected chi connectivity index (χ2v) is 6.24. The molecular formula is C17H33NO. The van der Waals surface area contributed by atoms with Gasteiger partial charge in [-0.15, -0.1) is 0 Å². The fraction of sp³-hybridized carbons (Fsp3) is 0.941. The molecule has 1 saturated heterocycles. The van der Waals surface area contributed by atoms with Crippen molar-refractivity contribution in [1.82, 2.24) is 4.90 Å². The fourth-order valence-electron chi connectivity index (χ4n) is 3.39. The van der Waals surface area contributed by atoms with Crippen molar-refractivity contribution in [3.63, 3.8) is 0 Å². The van der Waals surface area contributed by atoms with Crippen molar-refractivity contribution in [3.8, 4) is 0 Å². The molecule has 0 aromatic rings. The normalized spacial score (nSPS) is 22.1. The molecule has 0 aromatic heterocycles. The van der Waals surface area contributed by atoms with Gasteiger partial charge in [-0.1, -0.05) is 47.0 Å². The van der Waals surface area contributed by atoms with Gasteiger partial charge in [0.05, 0.1) is 0 Å². The zero-order valence-corrected chi connectivity index (χ0v) is 13.5. The van der Waals surface area contributed by atoms with Crippen molar-refractivity contribution >= 4 is 5.91 Å². The summed E-state index contributed by atoms with van der Waals surface area (Å²) in [5.41, 5.74) is 0. The molecule has 0 spiro atoms. The summed E-state index contributed by atoms with van der Waals surface area (Å²) in [6.07, 6.45) is 8.58. The average molecular weight is 267 g/mol. The average Bonchev–Trinajstić information content (AvgIpc) is 2.49. The van der Waals surface area contributed by atoms with Gasteiger partial charge in [0.2, 0.25) is 5.91 Å². The van der Waals surface area contributed by atoms with Crippen LogP contribution in [0.25, 0.3) is 0 Å². The van der Waals surface area contributed by atoms with Gasteiger partial charge in [-0.3, -0.25) is 4.79 Å². The second kappa shape index (κ2) is 8.60. The van der Waals surface area contributed by atoms with E-state index in [9.17, 15) is 4.79 Å². The van der Waals surface area contributed by atoms with Gasteiger partial charge >= 0.3 is 0 Å². The molecule has 112 valence electrons. The van der Waals surface area contributed by atoms with Gasteiger partial charge < -0.3 is 4.90 Å². The van der Waals surface area contributed by atoms with Gasteiger partial charge in [0, 0.05) is 19.0 Å². The third-order valence-corrected chi connectivity index (χ3v) is 4.75. The van der Waals surface area contributed by atoms with Gasteiger partial charge in [-0.05, 0) is 37.5 Å². The molecule has 2 heteroatoms. The first-order valence-corrected chi connectivity index (χ1v) is 8.47. The smallest absolute Gasteiger partial charge is 0.225 e. The van der Waals surface area contributed by atoms with Crippen molar-refractivity contribution in [1.29, 1.82) is 0 Å². The largest absolute Gasteiger partial charge is 0.342 e. The lowest BCUT2D eigenvalue weighted by atomic mass is 9.84. The highest BCUT2D eigenvalue weighted by Gasteiger charge is 2.29. The summed E-state index contributed by atoms with van der Waals surface area (Å²) in [5, 5.41) is 0. The van der Waals surface area contributed by atoms with Crippen LogP contribution in [0.5, 0.6) is 0 Å². The van der Waals surface area contributed by atoms with E-state index in [1.54, 1.807) is 0 Å². The predicted molar refractivity (Wildman–Crippen MR) is 82.1 cm³/mol. The molecule has 2 aliphatic rings. The van der Waals surface area contributed by atoms with E-state index in [4.69, 9.17) is 0 Å². The van der Waals surface area contributed by atoms with Gasteiger partial charge in [0.1, 0.15) is 0 Å². The van der Waals surface area contributed by atoms with E-state index in [1.807, 2.05) is 13.8 Å². The maximum atomic E-state index is 12.4. The standard InChI is InChI=1S/C15H27NO.C2H6/c1-12(2)13-8-10-16(11-9-13)15(17)14-6-4-3-5-7-14;1-2/h12-14H,3-11H2,1-2H3;1-2H3. The number of rotatable bonds is 2. The minimum atomic E-state index is 0.361. The molecule has 1 saturated carbocycles. The minimum absolute atomic E-state index is 0.361. The molecule has 1 heterocycles. The Morgan fingerprint density at radius 3 is 1.95 bits per heavy atom. The van der Waals surface area contributed by atoms with E-state index in [1.165, 1.54) is 32.1 Å². The molecule has 0 radical (unpaired) electrons. The van der Waals surface area contributed by atoms with Crippen molar-refractivity contribution in [2.45, 2.75) is 72.6 Å². The molecule has 19 heavy (non-hydrogen) atoms. The Balaban J connectivity index is 0.000000861. The van der Waals surface area contributed by atoms with Crippen LogP contribution in [0.2, 0.25) is 0 Å². The maximum Gasteiger partial charge on any atom is 0.225 e. The molecule has 0 unspecified atom stereocenters. The second-order valence-electron chi connectivity index (χ2n) is 6.24. The molecule has 1 amide bonds. The van der Waals surface area contributed by atoms with Crippen LogP contribution in [0.1, 0.15) is 72.6 Å². The van der Waals surface area contributed by atoms with Gasteiger partial charge in [-0.25, -0.2) is 0 Å². The monoisotopic (exact) mass is 267 g/mol. The van der Waals surface area contributed by atoms with Crippen LogP contribution in [-0.4, -0.2) is 23.9 Å². The number of carbonyl (C=O) groups excluding carboxylic acids is 1. The van der Waals surface area contributed by atoms with E-state index >= 15 is 0 Å². The SMILES string of the molecule is CC.CC(C)C1CCN(C(=O)C2CCCCC2)CC1. The third kappa shape index (κ3) is 4.81. The van der Waals surface area contributed by atoms with Crippen LogP contribution in [0.3, 0.4) is 0 Å². The molecule has 0 bridgehead atoms. The van der Waals surface area contributed by atoms with Crippen LogP contribution in [0.15, 0.2) is 0 Å². The highest BCUT2D eigenvalue weighted by molar-refractivity contribution is 5.79. The topological polar surface area (TPSA) is 20.3 Å². The van der Waals surface area contributed by atoms with Crippen molar-refractivity contribution in [3.05, 3.63) is 0 Å². The number of nitrogens with zero attached hydrogens (tertiary/aromatic N) is 1. The number of hydrogen-bond donors (Lipinski definition) is 0. The molecule has 2 rings (SSSR count). The molecule has 0 N–H and O–H groups in total. The third-order valence-electron chi connectivity index (χ3n) is 4.75. The van der Waals surface area contributed by atoms with Gasteiger partial charge in [0.15, 0.2) is 0 Å². The van der Waals surface area contributed by atoms with Crippen LogP contribution in [0, 0.1) is 17.8 Å². The van der Waals surface area contributed by atoms with Gasteiger partial charge in [-0.2, -0.15) is 0 Å². The minimum Gasteiger partial charge on any atom is -0.342 e. The summed E-state index contributed by atoms with van der Waals surface area (Å²) in [6, 6.07) is 0. The lowest BCUT2D eigenvalue weighted by molar-refractivity contribution is -0.138. The Morgan fingerprint density at radius 1 is 0.947 bits per heavy atom. The Morgan fingerprint density at radius 2 is 1.47 bits per heavy atom. The number of piperidine rings is 1. The maximum absolute atomic E-state index is 12.4. The van der Waals surface area contributed by atoms with Crippen LogP contribution in [0.4, 0.5) is 0 Å². The van der Waals surface area contributed by atoms with Crippen LogP contribution < -0.4 is 0 Å². The summed E-state index contributed by atoms with van der Waals surface area (Å²) in [7, 11) is 0. The highest BCUT2D eigenvalue weighted by atomic mass is 16.2. The van der Waals surface area contributed by atoms with Crippen molar-refractivity contribution in [2.24, 2.45) is 17.8 Å². The summed E-state index contributed by atoms with van der Waals surface area (Å²) in [6.45, 7) is 10.6. The van der Waals surface area contributed by atoms with E-state index in [2.05, 4.69) is 18.7 Å². The first-order chi connectivity index (χ1) is 9.18. The number of hydrogen-bond acceptors (Lipinski definition) is 1. The van der Waals surface area contributed by atoms with Crippen LogP contribution >= 0.6 is 0 Å². The van der Waals surface area contributed by atoms with Crippen molar-refractivity contribution < 1.29 is 4.79 Å². The molecule has 2 nitrogen and oxygen atoms in total. The zero-order valence-electron chi connectivity index (χ0n) is 13.5.